The minimum atomic E-state index is -1.07. The lowest BCUT2D eigenvalue weighted by Crippen LogP contribution is -2.43. The number of carbonyl (C=O) groups is 4. The maximum absolute atomic E-state index is 13.0. The number of carboxylic acid groups (broad SMARTS) is 1. The Morgan fingerprint density at radius 1 is 1.29 bits per heavy atom. The zero-order valence-corrected chi connectivity index (χ0v) is 18.2. The fraction of sp³-hybridized carbons (Fsp3) is 0.524. The summed E-state index contributed by atoms with van der Waals surface area (Å²) >= 11 is 0. The molecule has 0 fully saturated rings. The minimum Gasteiger partial charge on any atom is -0.478 e. The molecule has 31 heavy (non-hydrogen) atoms. The third-order valence-corrected chi connectivity index (χ3v) is 4.52. The Bertz CT molecular complexity index is 848. The molecule has 0 aliphatic carbocycles. The van der Waals surface area contributed by atoms with Gasteiger partial charge in [-0.2, -0.15) is 0 Å². The standard InChI is InChI=1S/C21H29N3O7/c1-21(2,3)31-20(29)22-8-5-9-24-12-14-10-13(19(27)28)6-7-15(14)23-16(18(24)26)11-17(25)30-4/h6-7,10,16,23H,5,8-9,11-12H2,1-4H3,(H,22,29)(H,27,28)/t16-/m1/s1. The number of nitrogens with one attached hydrogen (secondary N) is 2. The Hall–Kier alpha value is -3.30. The lowest BCUT2D eigenvalue weighted by atomic mass is 10.1. The van der Waals surface area contributed by atoms with Crippen molar-refractivity contribution >= 4 is 29.6 Å². The molecule has 0 aromatic heterocycles. The van der Waals surface area contributed by atoms with E-state index < -0.39 is 29.7 Å². The molecule has 0 spiro atoms. The summed E-state index contributed by atoms with van der Waals surface area (Å²) in [5.74, 6) is -1.92. The van der Waals surface area contributed by atoms with E-state index in [0.29, 0.717) is 24.2 Å². The summed E-state index contributed by atoms with van der Waals surface area (Å²) in [7, 11) is 1.25. The highest BCUT2D eigenvalue weighted by Crippen LogP contribution is 2.26. The van der Waals surface area contributed by atoms with Gasteiger partial charge in [-0.1, -0.05) is 0 Å². The number of carbonyl (C=O) groups excluding carboxylic acids is 3. The number of anilines is 1. The number of nitrogens with zero attached hydrogens (tertiary/aromatic N) is 1. The van der Waals surface area contributed by atoms with Crippen molar-refractivity contribution in [1.82, 2.24) is 10.2 Å². The average molecular weight is 435 g/mol. The number of esters is 1. The van der Waals surface area contributed by atoms with Crippen LogP contribution in [0.1, 0.15) is 49.5 Å². The lowest BCUT2D eigenvalue weighted by molar-refractivity contribution is -0.144. The molecule has 1 aliphatic rings. The quantitative estimate of drug-likeness (QED) is 0.437. The van der Waals surface area contributed by atoms with Gasteiger partial charge in [0.1, 0.15) is 11.6 Å². The van der Waals surface area contributed by atoms with E-state index in [1.165, 1.54) is 24.1 Å². The molecule has 0 saturated carbocycles. The molecule has 170 valence electrons. The predicted molar refractivity (Wildman–Crippen MR) is 112 cm³/mol. The smallest absolute Gasteiger partial charge is 0.407 e. The van der Waals surface area contributed by atoms with Crippen LogP contribution >= 0.6 is 0 Å². The summed E-state index contributed by atoms with van der Waals surface area (Å²) in [6, 6.07) is 3.69. The van der Waals surface area contributed by atoms with Crippen molar-refractivity contribution in [2.24, 2.45) is 0 Å². The summed E-state index contributed by atoms with van der Waals surface area (Å²) in [6.07, 6.45) is -0.261. The molecule has 0 unspecified atom stereocenters. The van der Waals surface area contributed by atoms with E-state index >= 15 is 0 Å². The van der Waals surface area contributed by atoms with Crippen LogP contribution in [0.15, 0.2) is 18.2 Å². The van der Waals surface area contributed by atoms with E-state index in [4.69, 9.17) is 9.47 Å². The Balaban J connectivity index is 2.11. The number of methoxy groups -OCH3 is 1. The maximum Gasteiger partial charge on any atom is 0.407 e. The number of rotatable bonds is 7. The molecule has 0 bridgehead atoms. The molecular formula is C21H29N3O7. The molecular weight excluding hydrogens is 406 g/mol. The molecule has 0 saturated heterocycles. The van der Waals surface area contributed by atoms with Gasteiger partial charge in [-0.3, -0.25) is 9.59 Å². The van der Waals surface area contributed by atoms with Crippen LogP contribution in [-0.2, 0) is 25.6 Å². The Morgan fingerprint density at radius 3 is 2.61 bits per heavy atom. The first-order valence-corrected chi connectivity index (χ1v) is 9.95. The molecule has 1 aromatic carbocycles. The number of fused-ring (bicyclic) bond motifs is 1. The first kappa shape index (κ1) is 24.0. The first-order chi connectivity index (χ1) is 14.5. The third kappa shape index (κ3) is 7.16. The van der Waals surface area contributed by atoms with Crippen molar-refractivity contribution in [1.29, 1.82) is 0 Å². The monoisotopic (exact) mass is 435 g/mol. The van der Waals surface area contributed by atoms with E-state index in [1.807, 2.05) is 0 Å². The Labute approximate surface area is 180 Å². The van der Waals surface area contributed by atoms with Gasteiger partial charge in [0.25, 0.3) is 0 Å². The number of amides is 2. The SMILES string of the molecule is COC(=O)C[C@H]1Nc2ccc(C(=O)O)cc2CN(CCCNC(=O)OC(C)(C)C)C1=O. The van der Waals surface area contributed by atoms with E-state index in [0.717, 1.165) is 0 Å². The largest absolute Gasteiger partial charge is 0.478 e. The first-order valence-electron chi connectivity index (χ1n) is 9.95. The number of alkyl carbamates (subject to hydrolysis) is 1. The fourth-order valence-electron chi connectivity index (χ4n) is 3.10. The van der Waals surface area contributed by atoms with E-state index in [1.54, 1.807) is 26.8 Å². The molecule has 1 aliphatic heterocycles. The van der Waals surface area contributed by atoms with Crippen LogP contribution in [0, 0.1) is 0 Å². The maximum atomic E-state index is 13.0. The Kier molecular flexibility index (Phi) is 7.84. The summed E-state index contributed by atoms with van der Waals surface area (Å²) in [5, 5.41) is 14.9. The van der Waals surface area contributed by atoms with E-state index in [9.17, 15) is 24.3 Å². The van der Waals surface area contributed by atoms with Crippen LogP contribution in [0.5, 0.6) is 0 Å². The highest BCUT2D eigenvalue weighted by Gasteiger charge is 2.31. The van der Waals surface area contributed by atoms with Gasteiger partial charge in [0, 0.05) is 25.3 Å². The summed E-state index contributed by atoms with van der Waals surface area (Å²) in [4.78, 5) is 49.4. The summed E-state index contributed by atoms with van der Waals surface area (Å²) in [6.45, 7) is 6.05. The zero-order valence-electron chi connectivity index (χ0n) is 18.2. The van der Waals surface area contributed by atoms with Gasteiger partial charge < -0.3 is 30.1 Å². The van der Waals surface area contributed by atoms with E-state index in [2.05, 4.69) is 10.6 Å². The third-order valence-electron chi connectivity index (χ3n) is 4.52. The van der Waals surface area contributed by atoms with Crippen molar-refractivity contribution in [2.75, 3.05) is 25.5 Å². The molecule has 2 amide bonds. The highest BCUT2D eigenvalue weighted by molar-refractivity contribution is 5.92. The van der Waals surface area contributed by atoms with Gasteiger partial charge in [-0.25, -0.2) is 9.59 Å². The number of ether oxygens (including phenoxy) is 2. The predicted octanol–water partition coefficient (Wildman–Crippen LogP) is 1.99. The van der Waals surface area contributed by atoms with Crippen LogP contribution in [0.25, 0.3) is 0 Å². The molecule has 10 heteroatoms. The lowest BCUT2D eigenvalue weighted by Gasteiger charge is -2.24. The topological polar surface area (TPSA) is 134 Å². The molecule has 1 aromatic rings. The van der Waals surface area contributed by atoms with E-state index in [-0.39, 0.29) is 31.0 Å². The van der Waals surface area contributed by atoms with Gasteiger partial charge >= 0.3 is 18.0 Å². The van der Waals surface area contributed by atoms with Crippen LogP contribution in [0.4, 0.5) is 10.5 Å². The molecule has 2 rings (SSSR count). The van der Waals surface area contributed by atoms with Crippen molar-refractivity contribution in [2.45, 2.75) is 51.8 Å². The normalized spacial score (nSPS) is 15.9. The van der Waals surface area contributed by atoms with Crippen LogP contribution in [-0.4, -0.2) is 65.8 Å². The Morgan fingerprint density at radius 2 is 2.00 bits per heavy atom. The van der Waals surface area contributed by atoms with Gasteiger partial charge in [0.15, 0.2) is 0 Å². The molecule has 3 N–H and O–H groups in total. The summed E-state index contributed by atoms with van der Waals surface area (Å²) in [5.41, 5.74) is 0.705. The number of aromatic carboxylic acids is 1. The number of carboxylic acids is 1. The molecule has 1 atom stereocenters. The van der Waals surface area contributed by atoms with Gasteiger partial charge in [-0.15, -0.1) is 0 Å². The van der Waals surface area contributed by atoms with Gasteiger partial charge in [0.2, 0.25) is 5.91 Å². The molecule has 1 heterocycles. The highest BCUT2D eigenvalue weighted by atomic mass is 16.6. The number of benzene rings is 1. The van der Waals surface area contributed by atoms with Crippen molar-refractivity contribution in [3.05, 3.63) is 29.3 Å². The van der Waals surface area contributed by atoms with Crippen molar-refractivity contribution < 1.29 is 33.8 Å². The van der Waals surface area contributed by atoms with Crippen molar-refractivity contribution in [3.63, 3.8) is 0 Å². The van der Waals surface area contributed by atoms with Gasteiger partial charge in [0.05, 0.1) is 19.1 Å². The summed E-state index contributed by atoms with van der Waals surface area (Å²) < 4.78 is 9.87. The minimum absolute atomic E-state index is 0.103. The number of hydrogen-bond donors (Lipinski definition) is 3. The van der Waals surface area contributed by atoms with Gasteiger partial charge in [-0.05, 0) is 51.0 Å². The second kappa shape index (κ2) is 10.1. The van der Waals surface area contributed by atoms with Crippen LogP contribution in [0.2, 0.25) is 0 Å². The van der Waals surface area contributed by atoms with Crippen LogP contribution in [0.3, 0.4) is 0 Å². The van der Waals surface area contributed by atoms with Crippen molar-refractivity contribution in [3.8, 4) is 0 Å². The number of hydrogen-bond acceptors (Lipinski definition) is 7. The molecule has 10 nitrogen and oxygen atoms in total. The second-order valence-corrected chi connectivity index (χ2v) is 8.20. The second-order valence-electron chi connectivity index (χ2n) is 8.20. The average Bonchev–Trinajstić information content (AvgIpc) is 2.80. The molecule has 0 radical (unpaired) electrons. The fourth-order valence-corrected chi connectivity index (χ4v) is 3.10. The van der Waals surface area contributed by atoms with Crippen LogP contribution < -0.4 is 10.6 Å². The zero-order chi connectivity index (χ0) is 23.2.